The molecule has 1 unspecified atom stereocenters. The average Bonchev–Trinajstić information content (AvgIpc) is 3.19. The van der Waals surface area contributed by atoms with Gasteiger partial charge in [0.25, 0.3) is 0 Å². The molecule has 0 bridgehead atoms. The Bertz CT molecular complexity index is 815. The number of rotatable bonds is 3. The summed E-state index contributed by atoms with van der Waals surface area (Å²) in [7, 11) is 0.777. The third-order valence-electron chi connectivity index (χ3n) is 4.00. The molecule has 1 atom stereocenters. The summed E-state index contributed by atoms with van der Waals surface area (Å²) in [6.07, 6.45) is 0.972. The van der Waals surface area contributed by atoms with Gasteiger partial charge in [-0.2, -0.15) is 17.5 Å². The van der Waals surface area contributed by atoms with E-state index in [-0.39, 0.29) is 56.7 Å². The molecule has 0 saturated heterocycles. The van der Waals surface area contributed by atoms with Crippen LogP contribution in [0.5, 0.6) is 0 Å². The Kier molecular flexibility index (Phi) is 19.3. The topological polar surface area (TPSA) is 23.8 Å². The van der Waals surface area contributed by atoms with Gasteiger partial charge >= 0.3 is 25.8 Å². The third-order valence-corrected chi connectivity index (χ3v) is 5.24. The second-order valence-corrected chi connectivity index (χ2v) is 7.73. The van der Waals surface area contributed by atoms with Crippen molar-refractivity contribution in [3.63, 3.8) is 0 Å². The normalized spacial score (nSPS) is 9.83. The molecule has 0 amide bonds. The van der Waals surface area contributed by atoms with E-state index in [4.69, 9.17) is 5.73 Å². The second-order valence-electron chi connectivity index (χ2n) is 6.32. The van der Waals surface area contributed by atoms with E-state index in [0.29, 0.717) is 0 Å². The van der Waals surface area contributed by atoms with Crippen LogP contribution in [0.4, 0.5) is 0 Å². The molecular weight excluding hydrogens is 592 g/mol. The molecular formula is C25H27Cl2HfNSi. The number of halogens is 2. The molecule has 0 heterocycles. The van der Waals surface area contributed by atoms with Gasteiger partial charge < -0.3 is 30.5 Å². The van der Waals surface area contributed by atoms with E-state index in [2.05, 4.69) is 103 Å². The van der Waals surface area contributed by atoms with E-state index >= 15 is 0 Å². The summed E-state index contributed by atoms with van der Waals surface area (Å²) < 4.78 is 0. The smallest absolute Gasteiger partial charge is 1.00 e. The fourth-order valence-electron chi connectivity index (χ4n) is 2.28. The van der Waals surface area contributed by atoms with E-state index in [0.717, 1.165) is 15.9 Å². The van der Waals surface area contributed by atoms with Gasteiger partial charge in [0.05, 0.1) is 0 Å². The number of hydrogen-bond acceptors (Lipinski definition) is 0. The molecule has 4 aromatic carbocycles. The van der Waals surface area contributed by atoms with Gasteiger partial charge in [-0.15, -0.1) is 35.7 Å². The van der Waals surface area contributed by atoms with Gasteiger partial charge in [0.15, 0.2) is 0 Å². The maximum Gasteiger partial charge on any atom is 4.00 e. The molecule has 0 spiro atoms. The molecule has 1 N–H and O–H groups in total. The van der Waals surface area contributed by atoms with Crippen LogP contribution in [0.25, 0.3) is 16.5 Å². The van der Waals surface area contributed by atoms with Crippen LogP contribution in [0, 0.1) is 0 Å². The molecule has 2 radical (unpaired) electrons. The van der Waals surface area contributed by atoms with Gasteiger partial charge in [-0.05, 0) is 0 Å². The molecule has 154 valence electrons. The van der Waals surface area contributed by atoms with Crippen LogP contribution in [0.1, 0.15) is 20.3 Å². The summed E-state index contributed by atoms with van der Waals surface area (Å²) in [6.45, 7) is 3.90. The van der Waals surface area contributed by atoms with E-state index < -0.39 is 0 Å². The number of hydrogen-bond donors (Lipinski definition) is 0. The third kappa shape index (κ3) is 12.6. The van der Waals surface area contributed by atoms with Gasteiger partial charge in [-0.1, -0.05) is 97.4 Å². The van der Waals surface area contributed by atoms with Crippen molar-refractivity contribution >= 4 is 30.7 Å². The largest absolute Gasteiger partial charge is 4.00 e. The van der Waals surface area contributed by atoms with E-state index in [1.807, 2.05) is 13.8 Å². The van der Waals surface area contributed by atoms with Gasteiger partial charge in [0.2, 0.25) is 0 Å². The Morgan fingerprint density at radius 1 is 0.767 bits per heavy atom. The average molecular weight is 619 g/mol. The van der Waals surface area contributed by atoms with Crippen molar-refractivity contribution in [2.24, 2.45) is 0 Å². The van der Waals surface area contributed by atoms with Crippen LogP contribution in [-0.4, -0.2) is 15.6 Å². The zero-order valence-electron chi connectivity index (χ0n) is 17.4. The molecule has 0 saturated carbocycles. The number of fused-ring (bicyclic) bond motifs is 1. The minimum absolute atomic E-state index is 0. The Labute approximate surface area is 215 Å². The van der Waals surface area contributed by atoms with Crippen molar-refractivity contribution in [3.05, 3.63) is 109 Å². The molecule has 0 aliphatic rings. The first kappa shape index (κ1) is 31.1. The second kappa shape index (κ2) is 18.6. The van der Waals surface area contributed by atoms with Gasteiger partial charge in [0, 0.05) is 0 Å². The first-order chi connectivity index (χ1) is 13.2. The van der Waals surface area contributed by atoms with Crippen LogP contribution in [0.2, 0.25) is 0 Å². The molecule has 0 aliphatic heterocycles. The first-order valence-electron chi connectivity index (χ1n) is 9.37. The van der Waals surface area contributed by atoms with Gasteiger partial charge in [-0.25, -0.2) is 0 Å². The molecule has 1 nitrogen and oxygen atoms in total. The number of benzene rings is 3. The molecule has 5 heteroatoms. The fraction of sp³-hybridized carbons (Fsp3) is 0.160. The fourth-order valence-corrected chi connectivity index (χ4v) is 3.33. The van der Waals surface area contributed by atoms with Crippen molar-refractivity contribution in [2.75, 3.05) is 0 Å². The molecule has 0 fully saturated rings. The maximum absolute atomic E-state index is 6.83. The summed E-state index contributed by atoms with van der Waals surface area (Å²) in [4.78, 5) is 0. The van der Waals surface area contributed by atoms with Crippen LogP contribution in [0.3, 0.4) is 0 Å². The van der Waals surface area contributed by atoms with Crippen molar-refractivity contribution in [3.8, 4) is 0 Å². The zero-order chi connectivity index (χ0) is 19.3. The van der Waals surface area contributed by atoms with Crippen LogP contribution >= 0.6 is 0 Å². The maximum atomic E-state index is 6.83. The Morgan fingerprint density at radius 2 is 1.20 bits per heavy atom. The van der Waals surface area contributed by atoms with Crippen molar-refractivity contribution in [2.45, 2.75) is 26.3 Å². The van der Waals surface area contributed by atoms with Crippen LogP contribution in [-0.2, 0) is 25.8 Å². The summed E-state index contributed by atoms with van der Waals surface area (Å²) in [5.74, 6) is 0. The number of nitrogens with one attached hydrogen (secondary N) is 1. The quantitative estimate of drug-likeness (QED) is 0.224. The monoisotopic (exact) mass is 619 g/mol. The molecule has 0 aliphatic carbocycles. The minimum Gasteiger partial charge on any atom is -1.00 e. The van der Waals surface area contributed by atoms with E-state index in [9.17, 15) is 0 Å². The van der Waals surface area contributed by atoms with Crippen LogP contribution < -0.4 is 35.2 Å². The summed E-state index contributed by atoms with van der Waals surface area (Å²) in [6, 6.07) is 36.0. The molecule has 4 aromatic rings. The Morgan fingerprint density at radius 3 is 1.63 bits per heavy atom. The van der Waals surface area contributed by atoms with Crippen molar-refractivity contribution in [1.29, 1.82) is 0 Å². The predicted octanol–water partition coefficient (Wildman–Crippen LogP) is -0.257. The minimum atomic E-state index is 0. The van der Waals surface area contributed by atoms with Crippen molar-refractivity contribution < 1.29 is 50.7 Å². The standard InChI is InChI=1S/C12H10Si.C9H7.C4H10N.2ClH.Hf/c1-3-7-11(8-4-1)13-12-9-5-2-6-10-12;1-2-5-9-7-3-6-8(9)4-1;1-3-4(2)5;;;/h1-10H;1-7H;4-5H,3H2,1-2H3;2*1H;/q;2*-1;;;+4/p-2. The zero-order valence-corrected chi connectivity index (χ0v) is 23.5. The predicted molar refractivity (Wildman–Crippen MR) is 122 cm³/mol. The first-order valence-corrected chi connectivity index (χ1v) is 10.4. The van der Waals surface area contributed by atoms with Gasteiger partial charge in [0.1, 0.15) is 9.52 Å². The molecule has 0 aromatic heterocycles. The van der Waals surface area contributed by atoms with E-state index in [1.54, 1.807) is 0 Å². The summed E-state index contributed by atoms with van der Waals surface area (Å²) >= 11 is 0. The SMILES string of the molecule is CCC(C)[NH-].[Cl-].[Cl-].[Hf+4].c1ccc([Si]c2ccccc2)cc1.c1ccc2[cH-]ccc2c1. The summed E-state index contributed by atoms with van der Waals surface area (Å²) in [5.41, 5.74) is 6.83. The molecule has 30 heavy (non-hydrogen) atoms. The molecule has 4 rings (SSSR count). The van der Waals surface area contributed by atoms with Crippen molar-refractivity contribution in [1.82, 2.24) is 0 Å². The van der Waals surface area contributed by atoms with E-state index in [1.165, 1.54) is 21.1 Å². The van der Waals surface area contributed by atoms with Gasteiger partial charge in [-0.3, -0.25) is 0 Å². The Balaban J connectivity index is 0. The summed E-state index contributed by atoms with van der Waals surface area (Å²) in [5, 5.41) is 5.46. The van der Waals surface area contributed by atoms with Crippen LogP contribution in [0.15, 0.2) is 103 Å². The Hall–Kier alpha value is -1.10.